The minimum atomic E-state index is -0.0750. The van der Waals surface area contributed by atoms with E-state index in [4.69, 9.17) is 0 Å². The van der Waals surface area contributed by atoms with E-state index in [1.165, 1.54) is 12.8 Å². The van der Waals surface area contributed by atoms with Crippen LogP contribution < -0.4 is 16.0 Å². The van der Waals surface area contributed by atoms with Gasteiger partial charge in [-0.25, -0.2) is 4.79 Å². The summed E-state index contributed by atoms with van der Waals surface area (Å²) in [6.07, 6.45) is 4.00. The lowest BCUT2D eigenvalue weighted by molar-refractivity contribution is -0.119. The molecule has 1 saturated carbocycles. The third kappa shape index (κ3) is 2.68. The fourth-order valence-electron chi connectivity index (χ4n) is 3.40. The van der Waals surface area contributed by atoms with Crippen molar-refractivity contribution < 1.29 is 9.59 Å². The van der Waals surface area contributed by atoms with Gasteiger partial charge < -0.3 is 20.9 Å². The molecule has 106 valence electrons. The van der Waals surface area contributed by atoms with Crippen molar-refractivity contribution in [2.24, 2.45) is 5.41 Å². The van der Waals surface area contributed by atoms with Crippen molar-refractivity contribution in [1.82, 2.24) is 20.9 Å². The SMILES string of the molecule is CNC(=O)N1C[C@H](NC2CC2)CC2(CNC(=O)C2)C1. The summed E-state index contributed by atoms with van der Waals surface area (Å²) in [6.45, 7) is 2.11. The predicted molar refractivity (Wildman–Crippen MR) is 70.7 cm³/mol. The molecule has 0 aromatic rings. The van der Waals surface area contributed by atoms with Crippen LogP contribution in [-0.4, -0.2) is 55.6 Å². The van der Waals surface area contributed by atoms with Gasteiger partial charge in [-0.2, -0.15) is 0 Å². The number of hydrogen-bond acceptors (Lipinski definition) is 3. The first-order chi connectivity index (χ1) is 9.10. The van der Waals surface area contributed by atoms with Crippen LogP contribution in [0.5, 0.6) is 0 Å². The van der Waals surface area contributed by atoms with Gasteiger partial charge in [0.1, 0.15) is 0 Å². The van der Waals surface area contributed by atoms with Crippen molar-refractivity contribution in [3.63, 3.8) is 0 Å². The summed E-state index contributed by atoms with van der Waals surface area (Å²) < 4.78 is 0. The molecule has 0 aromatic heterocycles. The third-order valence-corrected chi connectivity index (χ3v) is 4.39. The number of urea groups is 1. The van der Waals surface area contributed by atoms with Crippen LogP contribution >= 0.6 is 0 Å². The zero-order valence-corrected chi connectivity index (χ0v) is 11.4. The first-order valence-electron chi connectivity index (χ1n) is 7.10. The molecule has 1 unspecified atom stereocenters. The molecule has 6 nitrogen and oxygen atoms in total. The van der Waals surface area contributed by atoms with Gasteiger partial charge >= 0.3 is 6.03 Å². The number of carbonyl (C=O) groups excluding carboxylic acids is 2. The van der Waals surface area contributed by atoms with Gasteiger partial charge in [-0.15, -0.1) is 0 Å². The van der Waals surface area contributed by atoms with Gasteiger partial charge in [0.25, 0.3) is 0 Å². The molecule has 3 aliphatic rings. The number of nitrogens with one attached hydrogen (secondary N) is 3. The number of piperidine rings is 1. The molecule has 19 heavy (non-hydrogen) atoms. The Labute approximate surface area is 113 Å². The zero-order valence-electron chi connectivity index (χ0n) is 11.4. The molecule has 1 spiro atoms. The quantitative estimate of drug-likeness (QED) is 0.640. The monoisotopic (exact) mass is 266 g/mol. The Bertz CT molecular complexity index is 396. The molecule has 2 atom stereocenters. The fraction of sp³-hybridized carbons (Fsp3) is 0.846. The number of carbonyl (C=O) groups is 2. The Morgan fingerprint density at radius 1 is 1.42 bits per heavy atom. The van der Waals surface area contributed by atoms with E-state index in [0.29, 0.717) is 31.6 Å². The maximum atomic E-state index is 11.9. The molecule has 6 heteroatoms. The van der Waals surface area contributed by atoms with Gasteiger partial charge in [0.2, 0.25) is 5.91 Å². The summed E-state index contributed by atoms with van der Waals surface area (Å²) >= 11 is 0. The number of rotatable bonds is 2. The highest BCUT2D eigenvalue weighted by molar-refractivity contribution is 5.80. The number of nitrogens with zero attached hydrogens (tertiary/aromatic N) is 1. The van der Waals surface area contributed by atoms with E-state index in [1.54, 1.807) is 7.05 Å². The standard InChI is InChI=1S/C13H22N4O2/c1-14-12(19)17-6-10(16-9-2-3-9)4-13(8-17)5-11(18)15-7-13/h9-10,16H,2-8H2,1H3,(H,14,19)(H,15,18)/t10-,13?/m1/s1. The summed E-state index contributed by atoms with van der Waals surface area (Å²) in [6, 6.07) is 0.893. The molecule has 2 saturated heterocycles. The largest absolute Gasteiger partial charge is 0.355 e. The smallest absolute Gasteiger partial charge is 0.317 e. The summed E-state index contributed by atoms with van der Waals surface area (Å²) in [5.74, 6) is 0.115. The second-order valence-electron chi connectivity index (χ2n) is 6.23. The summed E-state index contributed by atoms with van der Waals surface area (Å²) in [5, 5.41) is 9.22. The van der Waals surface area contributed by atoms with Crippen molar-refractivity contribution in [2.75, 3.05) is 26.7 Å². The zero-order chi connectivity index (χ0) is 13.5. The summed E-state index contributed by atoms with van der Waals surface area (Å²) in [7, 11) is 1.66. The normalized spacial score (nSPS) is 34.5. The van der Waals surface area contributed by atoms with Crippen LogP contribution in [0.25, 0.3) is 0 Å². The molecular weight excluding hydrogens is 244 g/mol. The van der Waals surface area contributed by atoms with Crippen LogP contribution in [0.3, 0.4) is 0 Å². The molecule has 2 heterocycles. The van der Waals surface area contributed by atoms with Crippen LogP contribution in [0, 0.1) is 5.41 Å². The number of hydrogen-bond donors (Lipinski definition) is 3. The van der Waals surface area contributed by atoms with E-state index in [9.17, 15) is 9.59 Å². The minimum absolute atomic E-state index is 0.0407. The molecule has 3 N–H and O–H groups in total. The van der Waals surface area contributed by atoms with Crippen LogP contribution in [-0.2, 0) is 4.79 Å². The van der Waals surface area contributed by atoms with E-state index < -0.39 is 0 Å². The Kier molecular flexibility index (Phi) is 3.12. The summed E-state index contributed by atoms with van der Waals surface area (Å²) in [4.78, 5) is 25.3. The molecule has 0 bridgehead atoms. The first-order valence-corrected chi connectivity index (χ1v) is 7.10. The molecule has 0 aromatic carbocycles. The van der Waals surface area contributed by atoms with Crippen molar-refractivity contribution in [3.05, 3.63) is 0 Å². The molecule has 3 amide bonds. The van der Waals surface area contributed by atoms with Gasteiger partial charge in [0.05, 0.1) is 0 Å². The number of amides is 3. The Morgan fingerprint density at radius 2 is 2.21 bits per heavy atom. The van der Waals surface area contributed by atoms with Crippen LogP contribution in [0.2, 0.25) is 0 Å². The fourth-order valence-corrected chi connectivity index (χ4v) is 3.40. The molecule has 0 radical (unpaired) electrons. The van der Waals surface area contributed by atoms with E-state index in [0.717, 1.165) is 13.0 Å². The van der Waals surface area contributed by atoms with Crippen molar-refractivity contribution in [3.8, 4) is 0 Å². The van der Waals surface area contributed by atoms with Gasteiger partial charge in [-0.1, -0.05) is 0 Å². The predicted octanol–water partition coefficient (Wildman–Crippen LogP) is -0.342. The highest BCUT2D eigenvalue weighted by Crippen LogP contribution is 2.37. The van der Waals surface area contributed by atoms with Gasteiger partial charge in [0.15, 0.2) is 0 Å². The minimum Gasteiger partial charge on any atom is -0.355 e. The number of likely N-dealkylation sites (tertiary alicyclic amines) is 1. The Morgan fingerprint density at radius 3 is 2.79 bits per heavy atom. The molecule has 1 aliphatic carbocycles. The second kappa shape index (κ2) is 4.67. The van der Waals surface area contributed by atoms with Crippen molar-refractivity contribution >= 4 is 11.9 Å². The average molecular weight is 266 g/mol. The maximum absolute atomic E-state index is 11.9. The van der Waals surface area contributed by atoms with Gasteiger partial charge in [-0.3, -0.25) is 4.79 Å². The lowest BCUT2D eigenvalue weighted by Crippen LogP contribution is -2.58. The highest BCUT2D eigenvalue weighted by Gasteiger charge is 2.46. The van der Waals surface area contributed by atoms with E-state index in [1.807, 2.05) is 4.90 Å². The maximum Gasteiger partial charge on any atom is 0.317 e. The molecule has 3 rings (SSSR count). The highest BCUT2D eigenvalue weighted by atomic mass is 16.2. The van der Waals surface area contributed by atoms with Gasteiger partial charge in [0, 0.05) is 50.6 Å². The Balaban J connectivity index is 1.72. The van der Waals surface area contributed by atoms with Crippen LogP contribution in [0.15, 0.2) is 0 Å². The molecular formula is C13H22N4O2. The van der Waals surface area contributed by atoms with Gasteiger partial charge in [-0.05, 0) is 19.3 Å². The topological polar surface area (TPSA) is 73.5 Å². The van der Waals surface area contributed by atoms with Crippen LogP contribution in [0.1, 0.15) is 25.7 Å². The van der Waals surface area contributed by atoms with E-state index in [2.05, 4.69) is 16.0 Å². The van der Waals surface area contributed by atoms with Crippen molar-refractivity contribution in [2.45, 2.75) is 37.8 Å². The van der Waals surface area contributed by atoms with Crippen LogP contribution in [0.4, 0.5) is 4.79 Å². The van der Waals surface area contributed by atoms with Crippen molar-refractivity contribution in [1.29, 1.82) is 0 Å². The summed E-state index contributed by atoms with van der Waals surface area (Å²) in [5.41, 5.74) is -0.0750. The third-order valence-electron chi connectivity index (χ3n) is 4.39. The van der Waals surface area contributed by atoms with E-state index in [-0.39, 0.29) is 17.4 Å². The Hall–Kier alpha value is -1.30. The second-order valence-corrected chi connectivity index (χ2v) is 6.23. The lowest BCUT2D eigenvalue weighted by Gasteiger charge is -2.43. The van der Waals surface area contributed by atoms with E-state index >= 15 is 0 Å². The average Bonchev–Trinajstić information content (AvgIpc) is 3.12. The first kappa shape index (κ1) is 12.7. The molecule has 2 aliphatic heterocycles. The molecule has 3 fully saturated rings. The lowest BCUT2D eigenvalue weighted by atomic mass is 9.77.